The standard InChI is InChI=1S/C16H15ClN2/c1-11-10-18-15-8-7-13(17)9-14(15)16(19-11)12-5-3-2-4-6-12/h2-9,11,18H,10H2,1H3/t11-/m1/s1. The van der Waals surface area contributed by atoms with Gasteiger partial charge in [-0.2, -0.15) is 0 Å². The Labute approximate surface area is 118 Å². The van der Waals surface area contributed by atoms with Crippen molar-refractivity contribution in [2.45, 2.75) is 13.0 Å². The van der Waals surface area contributed by atoms with E-state index in [1.165, 1.54) is 0 Å². The van der Waals surface area contributed by atoms with Crippen LogP contribution in [0.3, 0.4) is 0 Å². The van der Waals surface area contributed by atoms with Crippen LogP contribution in [-0.2, 0) is 0 Å². The molecule has 0 saturated carbocycles. The maximum absolute atomic E-state index is 6.14. The number of aliphatic imine (C=N–C) groups is 1. The second kappa shape index (κ2) is 5.06. The molecule has 2 aromatic rings. The molecule has 0 bridgehead atoms. The highest BCUT2D eigenvalue weighted by atomic mass is 35.5. The van der Waals surface area contributed by atoms with Crippen LogP contribution in [0, 0.1) is 0 Å². The molecule has 0 fully saturated rings. The van der Waals surface area contributed by atoms with E-state index in [1.807, 2.05) is 36.4 Å². The second-order valence-corrected chi connectivity index (χ2v) is 5.20. The van der Waals surface area contributed by atoms with Crippen molar-refractivity contribution in [1.29, 1.82) is 0 Å². The molecule has 2 nitrogen and oxygen atoms in total. The zero-order valence-electron chi connectivity index (χ0n) is 10.7. The first-order valence-electron chi connectivity index (χ1n) is 6.41. The highest BCUT2D eigenvalue weighted by Crippen LogP contribution is 2.26. The molecule has 1 aliphatic rings. The highest BCUT2D eigenvalue weighted by molar-refractivity contribution is 6.31. The van der Waals surface area contributed by atoms with Crippen molar-refractivity contribution in [3.8, 4) is 0 Å². The van der Waals surface area contributed by atoms with Crippen LogP contribution >= 0.6 is 11.6 Å². The third-order valence-electron chi connectivity index (χ3n) is 3.22. The molecule has 3 rings (SSSR count). The van der Waals surface area contributed by atoms with E-state index >= 15 is 0 Å². The van der Waals surface area contributed by atoms with Crippen LogP contribution in [0.2, 0.25) is 5.02 Å². The summed E-state index contributed by atoms with van der Waals surface area (Å²) in [7, 11) is 0. The molecule has 2 aromatic carbocycles. The highest BCUT2D eigenvalue weighted by Gasteiger charge is 2.17. The maximum Gasteiger partial charge on any atom is 0.0744 e. The van der Waals surface area contributed by atoms with Crippen molar-refractivity contribution in [2.24, 2.45) is 4.99 Å². The first-order chi connectivity index (χ1) is 9.24. The van der Waals surface area contributed by atoms with Crippen molar-refractivity contribution in [2.75, 3.05) is 11.9 Å². The van der Waals surface area contributed by atoms with Gasteiger partial charge in [0.15, 0.2) is 0 Å². The summed E-state index contributed by atoms with van der Waals surface area (Å²) in [5.41, 5.74) is 4.30. The minimum absolute atomic E-state index is 0.237. The number of rotatable bonds is 1. The van der Waals surface area contributed by atoms with Crippen LogP contribution in [0.5, 0.6) is 0 Å². The number of nitrogens with zero attached hydrogens (tertiary/aromatic N) is 1. The molecule has 1 atom stereocenters. The van der Waals surface area contributed by atoms with Crippen LogP contribution < -0.4 is 5.32 Å². The van der Waals surface area contributed by atoms with Gasteiger partial charge in [0.2, 0.25) is 0 Å². The third-order valence-corrected chi connectivity index (χ3v) is 3.46. The quantitative estimate of drug-likeness (QED) is 0.832. The van der Waals surface area contributed by atoms with Crippen LogP contribution in [0.15, 0.2) is 53.5 Å². The Morgan fingerprint density at radius 3 is 2.74 bits per heavy atom. The fourth-order valence-corrected chi connectivity index (χ4v) is 2.46. The molecule has 1 N–H and O–H groups in total. The Balaban J connectivity index is 2.19. The van der Waals surface area contributed by atoms with E-state index in [9.17, 15) is 0 Å². The van der Waals surface area contributed by atoms with Crippen molar-refractivity contribution < 1.29 is 0 Å². The lowest BCUT2D eigenvalue weighted by atomic mass is 10.0. The van der Waals surface area contributed by atoms with Crippen LogP contribution in [-0.4, -0.2) is 18.3 Å². The minimum Gasteiger partial charge on any atom is -0.382 e. The van der Waals surface area contributed by atoms with Crippen molar-refractivity contribution in [3.63, 3.8) is 0 Å². The second-order valence-electron chi connectivity index (χ2n) is 4.76. The summed E-state index contributed by atoms with van der Waals surface area (Å²) in [5, 5.41) is 4.16. The van der Waals surface area contributed by atoms with Crippen molar-refractivity contribution in [3.05, 3.63) is 64.7 Å². The molecule has 1 aliphatic heterocycles. The Bertz CT molecular complexity index is 620. The molecule has 19 heavy (non-hydrogen) atoms. The average Bonchev–Trinajstić information content (AvgIpc) is 2.59. The SMILES string of the molecule is C[C@@H]1CNc2ccc(Cl)cc2C(c2ccccc2)=N1. The Kier molecular flexibility index (Phi) is 3.26. The van der Waals surface area contributed by atoms with E-state index < -0.39 is 0 Å². The summed E-state index contributed by atoms with van der Waals surface area (Å²) in [4.78, 5) is 4.82. The first kappa shape index (κ1) is 12.2. The summed E-state index contributed by atoms with van der Waals surface area (Å²) in [6.45, 7) is 2.95. The summed E-state index contributed by atoms with van der Waals surface area (Å²) in [5.74, 6) is 0. The van der Waals surface area contributed by atoms with E-state index in [0.717, 1.165) is 34.1 Å². The van der Waals surface area contributed by atoms with Crippen LogP contribution in [0.25, 0.3) is 0 Å². The molecule has 96 valence electrons. The predicted octanol–water partition coefficient (Wildman–Crippen LogP) is 3.99. The van der Waals surface area contributed by atoms with Crippen LogP contribution in [0.4, 0.5) is 5.69 Å². The smallest absolute Gasteiger partial charge is 0.0744 e. The van der Waals surface area contributed by atoms with Crippen LogP contribution in [0.1, 0.15) is 18.1 Å². The fourth-order valence-electron chi connectivity index (χ4n) is 2.29. The summed E-state index contributed by atoms with van der Waals surface area (Å²) in [6.07, 6.45) is 0. The number of nitrogens with one attached hydrogen (secondary N) is 1. The van der Waals surface area contributed by atoms with E-state index in [0.29, 0.717) is 0 Å². The normalized spacial score (nSPS) is 18.0. The van der Waals surface area contributed by atoms with Crippen molar-refractivity contribution >= 4 is 23.0 Å². The monoisotopic (exact) mass is 270 g/mol. The molecule has 0 spiro atoms. The number of halogens is 1. The average molecular weight is 271 g/mol. The zero-order chi connectivity index (χ0) is 13.2. The van der Waals surface area contributed by atoms with Gasteiger partial charge in [-0.1, -0.05) is 41.9 Å². The Morgan fingerprint density at radius 2 is 1.95 bits per heavy atom. The third kappa shape index (κ3) is 2.49. The number of benzodiazepines with no additional fused rings is 1. The molecule has 0 amide bonds. The van der Waals surface area contributed by atoms with Gasteiger partial charge in [0, 0.05) is 28.4 Å². The Morgan fingerprint density at radius 1 is 1.16 bits per heavy atom. The first-order valence-corrected chi connectivity index (χ1v) is 6.79. The van der Waals surface area contributed by atoms with Gasteiger partial charge in [0.25, 0.3) is 0 Å². The lowest BCUT2D eigenvalue weighted by molar-refractivity contribution is 0.788. The van der Waals surface area contributed by atoms with Gasteiger partial charge in [-0.15, -0.1) is 0 Å². The lowest BCUT2D eigenvalue weighted by Crippen LogP contribution is -2.12. The summed E-state index contributed by atoms with van der Waals surface area (Å²) >= 11 is 6.14. The van der Waals surface area contributed by atoms with E-state index in [1.54, 1.807) is 0 Å². The fraction of sp³-hybridized carbons (Fsp3) is 0.188. The summed E-state index contributed by atoms with van der Waals surface area (Å²) < 4.78 is 0. The molecule has 0 radical (unpaired) electrons. The topological polar surface area (TPSA) is 24.4 Å². The lowest BCUT2D eigenvalue weighted by Gasteiger charge is -2.10. The minimum atomic E-state index is 0.237. The number of hydrogen-bond donors (Lipinski definition) is 1. The molecule has 1 heterocycles. The molecule has 0 aliphatic carbocycles. The molecule has 0 aromatic heterocycles. The molecular weight excluding hydrogens is 256 g/mol. The number of hydrogen-bond acceptors (Lipinski definition) is 2. The number of anilines is 1. The zero-order valence-corrected chi connectivity index (χ0v) is 11.5. The molecule has 0 unspecified atom stereocenters. The Hall–Kier alpha value is -1.80. The summed E-state index contributed by atoms with van der Waals surface area (Å²) in [6, 6.07) is 16.4. The molecular formula is C16H15ClN2. The number of benzene rings is 2. The largest absolute Gasteiger partial charge is 0.382 e. The van der Waals surface area contributed by atoms with Crippen molar-refractivity contribution in [1.82, 2.24) is 0 Å². The van der Waals surface area contributed by atoms with Gasteiger partial charge in [0.1, 0.15) is 0 Å². The molecule has 0 saturated heterocycles. The maximum atomic E-state index is 6.14. The van der Waals surface area contributed by atoms with E-state index in [4.69, 9.17) is 16.6 Å². The van der Waals surface area contributed by atoms with E-state index in [-0.39, 0.29) is 6.04 Å². The predicted molar refractivity (Wildman–Crippen MR) is 81.5 cm³/mol. The van der Waals surface area contributed by atoms with Gasteiger partial charge in [0.05, 0.1) is 11.8 Å². The van der Waals surface area contributed by atoms with Gasteiger partial charge in [-0.25, -0.2) is 0 Å². The number of fused-ring (bicyclic) bond motifs is 1. The van der Waals surface area contributed by atoms with Gasteiger partial charge in [-0.05, 0) is 25.1 Å². The van der Waals surface area contributed by atoms with Gasteiger partial charge in [-0.3, -0.25) is 4.99 Å². The van der Waals surface area contributed by atoms with Gasteiger partial charge >= 0.3 is 0 Å². The van der Waals surface area contributed by atoms with Gasteiger partial charge < -0.3 is 5.32 Å². The van der Waals surface area contributed by atoms with E-state index in [2.05, 4.69) is 24.4 Å². The molecule has 3 heteroatoms.